The van der Waals surface area contributed by atoms with E-state index in [0.29, 0.717) is 17.9 Å². The van der Waals surface area contributed by atoms with Crippen LogP contribution in [0.4, 0.5) is 11.4 Å². The lowest BCUT2D eigenvalue weighted by Gasteiger charge is -2.24. The molecule has 0 unspecified atom stereocenters. The Hall–Kier alpha value is -2.13. The molecule has 0 aromatic heterocycles. The van der Waals surface area contributed by atoms with Crippen molar-refractivity contribution in [3.8, 4) is 6.07 Å². The summed E-state index contributed by atoms with van der Waals surface area (Å²) >= 11 is 0. The minimum absolute atomic E-state index is 0.0662. The number of hydrogen-bond acceptors (Lipinski definition) is 5. The second-order valence-corrected chi connectivity index (χ2v) is 3.99. The molecule has 90 valence electrons. The Labute approximate surface area is 99.8 Å². The van der Waals surface area contributed by atoms with Crippen LogP contribution in [0.25, 0.3) is 0 Å². The molecule has 0 atom stereocenters. The molecule has 0 amide bonds. The standard InChI is InChI=1S/C11H14N4O2/c1-13(2)8-14(3)11-5-4-10(15(16)17)6-9(11)7-12/h4-6H,8H2,1-3H3. The highest BCUT2D eigenvalue weighted by Gasteiger charge is 2.13. The summed E-state index contributed by atoms with van der Waals surface area (Å²) in [6.45, 7) is 0.631. The maximum atomic E-state index is 10.6. The van der Waals surface area contributed by atoms with Crippen molar-refractivity contribution in [1.29, 1.82) is 5.26 Å². The van der Waals surface area contributed by atoms with Gasteiger partial charge in [0.05, 0.1) is 22.8 Å². The Kier molecular flexibility index (Phi) is 4.01. The summed E-state index contributed by atoms with van der Waals surface area (Å²) in [6, 6.07) is 6.28. The molecule has 6 nitrogen and oxygen atoms in total. The molecule has 0 radical (unpaired) electrons. The molecule has 0 spiro atoms. The summed E-state index contributed by atoms with van der Waals surface area (Å²) in [6.07, 6.45) is 0. The minimum Gasteiger partial charge on any atom is -0.361 e. The Morgan fingerprint density at radius 2 is 2.06 bits per heavy atom. The van der Waals surface area contributed by atoms with Gasteiger partial charge in [0.15, 0.2) is 0 Å². The van der Waals surface area contributed by atoms with Gasteiger partial charge in [-0.1, -0.05) is 0 Å². The summed E-state index contributed by atoms with van der Waals surface area (Å²) in [5, 5.41) is 19.6. The lowest BCUT2D eigenvalue weighted by molar-refractivity contribution is -0.384. The van der Waals surface area contributed by atoms with Gasteiger partial charge in [-0.3, -0.25) is 15.0 Å². The molecule has 6 heteroatoms. The smallest absolute Gasteiger partial charge is 0.270 e. The van der Waals surface area contributed by atoms with Crippen LogP contribution in [0.5, 0.6) is 0 Å². The summed E-state index contributed by atoms with van der Waals surface area (Å²) in [5.41, 5.74) is 0.930. The van der Waals surface area contributed by atoms with E-state index in [1.807, 2.05) is 37.0 Å². The normalized spacial score (nSPS) is 10.1. The highest BCUT2D eigenvalue weighted by Crippen LogP contribution is 2.23. The maximum absolute atomic E-state index is 10.6. The van der Waals surface area contributed by atoms with Crippen LogP contribution in [-0.4, -0.2) is 37.6 Å². The molecule has 0 saturated heterocycles. The highest BCUT2D eigenvalue weighted by molar-refractivity contribution is 5.62. The molecular weight excluding hydrogens is 220 g/mol. The lowest BCUT2D eigenvalue weighted by atomic mass is 10.1. The van der Waals surface area contributed by atoms with Gasteiger partial charge in [-0.05, 0) is 20.2 Å². The first-order chi connectivity index (χ1) is 7.95. The predicted molar refractivity (Wildman–Crippen MR) is 64.8 cm³/mol. The first-order valence-corrected chi connectivity index (χ1v) is 5.00. The van der Waals surface area contributed by atoms with E-state index in [2.05, 4.69) is 0 Å². The fourth-order valence-corrected chi connectivity index (χ4v) is 1.56. The average Bonchev–Trinajstić information content (AvgIpc) is 2.27. The fourth-order valence-electron chi connectivity index (χ4n) is 1.56. The van der Waals surface area contributed by atoms with Gasteiger partial charge < -0.3 is 4.90 Å². The molecule has 17 heavy (non-hydrogen) atoms. The van der Waals surface area contributed by atoms with E-state index in [9.17, 15) is 10.1 Å². The van der Waals surface area contributed by atoms with Crippen LogP contribution in [0, 0.1) is 21.4 Å². The molecule has 0 bridgehead atoms. The highest BCUT2D eigenvalue weighted by atomic mass is 16.6. The number of nitro benzene ring substituents is 1. The van der Waals surface area contributed by atoms with E-state index in [-0.39, 0.29) is 5.69 Å². The third-order valence-corrected chi connectivity index (χ3v) is 2.22. The number of rotatable bonds is 4. The Bertz CT molecular complexity index is 465. The summed E-state index contributed by atoms with van der Waals surface area (Å²) < 4.78 is 0. The average molecular weight is 234 g/mol. The van der Waals surface area contributed by atoms with Crippen molar-refractivity contribution in [3.63, 3.8) is 0 Å². The van der Waals surface area contributed by atoms with E-state index in [1.165, 1.54) is 12.1 Å². The maximum Gasteiger partial charge on any atom is 0.270 e. The molecule has 0 N–H and O–H groups in total. The molecule has 1 aromatic rings. The van der Waals surface area contributed by atoms with Crippen LogP contribution >= 0.6 is 0 Å². The van der Waals surface area contributed by atoms with Crippen LogP contribution in [0.15, 0.2) is 18.2 Å². The van der Waals surface area contributed by atoms with E-state index in [4.69, 9.17) is 5.26 Å². The topological polar surface area (TPSA) is 73.4 Å². The molecule has 0 aliphatic carbocycles. The van der Waals surface area contributed by atoms with Crippen LogP contribution in [-0.2, 0) is 0 Å². The third kappa shape index (κ3) is 3.16. The van der Waals surface area contributed by atoms with Gasteiger partial charge >= 0.3 is 0 Å². The van der Waals surface area contributed by atoms with Gasteiger partial charge in [-0.25, -0.2) is 0 Å². The van der Waals surface area contributed by atoms with Crippen molar-refractivity contribution < 1.29 is 4.92 Å². The summed E-state index contributed by atoms with van der Waals surface area (Å²) in [5.74, 6) is 0. The van der Waals surface area contributed by atoms with Crippen molar-refractivity contribution in [2.75, 3.05) is 32.7 Å². The van der Waals surface area contributed by atoms with Gasteiger partial charge in [0.2, 0.25) is 0 Å². The Balaban J connectivity index is 3.09. The lowest BCUT2D eigenvalue weighted by Crippen LogP contribution is -2.30. The molecule has 0 fully saturated rings. The number of non-ortho nitro benzene ring substituents is 1. The molecular formula is C11H14N4O2. The second-order valence-electron chi connectivity index (χ2n) is 3.99. The van der Waals surface area contributed by atoms with Crippen LogP contribution in [0.1, 0.15) is 5.56 Å². The summed E-state index contributed by atoms with van der Waals surface area (Å²) in [7, 11) is 5.66. The van der Waals surface area contributed by atoms with E-state index >= 15 is 0 Å². The SMILES string of the molecule is CN(C)CN(C)c1ccc([N+](=O)[O-])cc1C#N. The van der Waals surface area contributed by atoms with Gasteiger partial charge in [-0.2, -0.15) is 5.26 Å². The first-order valence-electron chi connectivity index (χ1n) is 5.00. The number of benzene rings is 1. The number of hydrogen-bond donors (Lipinski definition) is 0. The third-order valence-electron chi connectivity index (χ3n) is 2.22. The molecule has 0 heterocycles. The molecule has 0 aliphatic heterocycles. The summed E-state index contributed by atoms with van der Waals surface area (Å²) in [4.78, 5) is 13.9. The fraction of sp³-hybridized carbons (Fsp3) is 0.364. The minimum atomic E-state index is -0.503. The van der Waals surface area contributed by atoms with E-state index < -0.39 is 4.92 Å². The molecule has 0 saturated carbocycles. The Morgan fingerprint density at radius 3 is 2.53 bits per heavy atom. The van der Waals surface area contributed by atoms with Crippen molar-refractivity contribution >= 4 is 11.4 Å². The zero-order chi connectivity index (χ0) is 13.0. The molecule has 1 aromatic carbocycles. The van der Waals surface area contributed by atoms with Crippen molar-refractivity contribution in [2.24, 2.45) is 0 Å². The number of nitrogens with zero attached hydrogens (tertiary/aromatic N) is 4. The van der Waals surface area contributed by atoms with Crippen molar-refractivity contribution in [1.82, 2.24) is 4.90 Å². The second kappa shape index (κ2) is 5.27. The van der Waals surface area contributed by atoms with Gasteiger partial charge in [0.25, 0.3) is 5.69 Å². The zero-order valence-corrected chi connectivity index (χ0v) is 10.0. The zero-order valence-electron chi connectivity index (χ0n) is 10.0. The van der Waals surface area contributed by atoms with E-state index in [0.717, 1.165) is 0 Å². The van der Waals surface area contributed by atoms with Crippen LogP contribution in [0.2, 0.25) is 0 Å². The molecule has 1 rings (SSSR count). The number of nitriles is 1. The van der Waals surface area contributed by atoms with Crippen molar-refractivity contribution in [2.45, 2.75) is 0 Å². The van der Waals surface area contributed by atoms with Gasteiger partial charge in [-0.15, -0.1) is 0 Å². The van der Waals surface area contributed by atoms with E-state index in [1.54, 1.807) is 6.07 Å². The largest absolute Gasteiger partial charge is 0.361 e. The first kappa shape index (κ1) is 12.9. The molecule has 0 aliphatic rings. The monoisotopic (exact) mass is 234 g/mol. The van der Waals surface area contributed by atoms with Gasteiger partial charge in [0.1, 0.15) is 6.07 Å². The number of nitro groups is 1. The van der Waals surface area contributed by atoms with Gasteiger partial charge in [0, 0.05) is 19.2 Å². The predicted octanol–water partition coefficient (Wildman–Crippen LogP) is 1.42. The number of anilines is 1. The van der Waals surface area contributed by atoms with Crippen LogP contribution in [0.3, 0.4) is 0 Å². The Morgan fingerprint density at radius 1 is 1.41 bits per heavy atom. The van der Waals surface area contributed by atoms with Crippen LogP contribution < -0.4 is 4.90 Å². The van der Waals surface area contributed by atoms with Crippen molar-refractivity contribution in [3.05, 3.63) is 33.9 Å². The quantitative estimate of drug-likeness (QED) is 0.447.